The molecule has 132 valence electrons. The highest BCUT2D eigenvalue weighted by Crippen LogP contribution is 2.23. The fourth-order valence-electron chi connectivity index (χ4n) is 3.03. The van der Waals surface area contributed by atoms with Crippen LogP contribution >= 0.6 is 0 Å². The van der Waals surface area contributed by atoms with Crippen molar-refractivity contribution in [3.63, 3.8) is 0 Å². The average molecular weight is 352 g/mol. The van der Waals surface area contributed by atoms with Crippen LogP contribution in [0, 0.1) is 5.82 Å². The maximum Gasteiger partial charge on any atom is 0.270 e. The topological polar surface area (TPSA) is 71.1 Å². The molecule has 6 nitrogen and oxygen atoms in total. The third kappa shape index (κ3) is 3.42. The van der Waals surface area contributed by atoms with Crippen LogP contribution in [0.15, 0.2) is 54.9 Å². The number of carbonyl (C=O) groups is 1. The second kappa shape index (κ2) is 6.95. The van der Waals surface area contributed by atoms with Crippen LogP contribution in [0.4, 0.5) is 4.39 Å². The zero-order chi connectivity index (χ0) is 17.9. The van der Waals surface area contributed by atoms with Crippen LogP contribution in [0.5, 0.6) is 5.88 Å². The quantitative estimate of drug-likeness (QED) is 0.784. The number of benzene rings is 1. The Balaban J connectivity index is 1.41. The molecule has 1 amide bonds. The molecule has 3 aromatic rings. The minimum absolute atomic E-state index is 0.0800. The molecule has 0 spiro atoms. The number of halogens is 1. The van der Waals surface area contributed by atoms with Crippen molar-refractivity contribution >= 4 is 5.91 Å². The van der Waals surface area contributed by atoms with Gasteiger partial charge in [-0.25, -0.2) is 4.39 Å². The van der Waals surface area contributed by atoms with Gasteiger partial charge in [0, 0.05) is 31.4 Å². The van der Waals surface area contributed by atoms with Crippen molar-refractivity contribution in [1.29, 1.82) is 0 Å². The lowest BCUT2D eigenvalue weighted by Gasteiger charge is -2.16. The van der Waals surface area contributed by atoms with Gasteiger partial charge in [0.25, 0.3) is 5.91 Å². The van der Waals surface area contributed by atoms with E-state index in [0.717, 1.165) is 17.5 Å². The summed E-state index contributed by atoms with van der Waals surface area (Å²) >= 11 is 0. The molecule has 3 heterocycles. The number of H-pyrrole nitrogens is 1. The van der Waals surface area contributed by atoms with E-state index in [2.05, 4.69) is 15.2 Å². The van der Waals surface area contributed by atoms with E-state index in [4.69, 9.17) is 4.74 Å². The van der Waals surface area contributed by atoms with Crippen molar-refractivity contribution in [3.8, 4) is 17.0 Å². The Kier molecular flexibility index (Phi) is 4.35. The Morgan fingerprint density at radius 3 is 2.85 bits per heavy atom. The molecule has 1 atom stereocenters. The maximum absolute atomic E-state index is 13.0. The zero-order valence-electron chi connectivity index (χ0n) is 13.9. The highest BCUT2D eigenvalue weighted by molar-refractivity contribution is 5.94. The van der Waals surface area contributed by atoms with Crippen LogP contribution in [-0.2, 0) is 0 Å². The average Bonchev–Trinajstić information content (AvgIpc) is 3.33. The van der Waals surface area contributed by atoms with E-state index in [-0.39, 0.29) is 17.8 Å². The van der Waals surface area contributed by atoms with Gasteiger partial charge in [-0.2, -0.15) is 5.10 Å². The van der Waals surface area contributed by atoms with Crippen molar-refractivity contribution in [2.75, 3.05) is 13.1 Å². The van der Waals surface area contributed by atoms with Crippen LogP contribution in [0.25, 0.3) is 11.1 Å². The van der Waals surface area contributed by atoms with E-state index < -0.39 is 0 Å². The first-order chi connectivity index (χ1) is 12.7. The molecule has 1 aliphatic rings. The molecule has 1 N–H and O–H groups in total. The van der Waals surface area contributed by atoms with Gasteiger partial charge in [-0.1, -0.05) is 12.1 Å². The molecule has 0 aliphatic carbocycles. The summed E-state index contributed by atoms with van der Waals surface area (Å²) in [4.78, 5) is 17.5. The van der Waals surface area contributed by atoms with Gasteiger partial charge in [0.05, 0.1) is 6.54 Å². The Morgan fingerprint density at radius 1 is 1.23 bits per heavy atom. The second-order valence-corrected chi connectivity index (χ2v) is 6.15. The fraction of sp³-hybridized carbons (Fsp3) is 0.211. The normalized spacial score (nSPS) is 16.7. The van der Waals surface area contributed by atoms with E-state index in [1.54, 1.807) is 47.6 Å². The number of nitrogens with zero attached hydrogens (tertiary/aromatic N) is 3. The number of hydrogen-bond donors (Lipinski definition) is 1. The summed E-state index contributed by atoms with van der Waals surface area (Å²) in [7, 11) is 0. The van der Waals surface area contributed by atoms with E-state index in [1.807, 2.05) is 0 Å². The smallest absolute Gasteiger partial charge is 0.270 e. The number of hydrogen-bond acceptors (Lipinski definition) is 4. The Bertz CT molecular complexity index is 895. The fourth-order valence-corrected chi connectivity index (χ4v) is 3.03. The molecule has 2 aromatic heterocycles. The molecule has 26 heavy (non-hydrogen) atoms. The molecular formula is C19H17FN4O2. The molecule has 1 unspecified atom stereocenters. The number of amides is 1. The molecule has 1 aromatic carbocycles. The van der Waals surface area contributed by atoms with Crippen LogP contribution in [0.3, 0.4) is 0 Å². The summed E-state index contributed by atoms with van der Waals surface area (Å²) in [6, 6.07) is 11.5. The van der Waals surface area contributed by atoms with Crippen molar-refractivity contribution in [2.45, 2.75) is 12.5 Å². The lowest BCUT2D eigenvalue weighted by atomic mass is 10.1. The Labute approximate surface area is 149 Å². The van der Waals surface area contributed by atoms with Gasteiger partial charge in [0.1, 0.15) is 17.6 Å². The number of likely N-dealkylation sites (tertiary alicyclic amines) is 1. The molecule has 7 heteroatoms. The van der Waals surface area contributed by atoms with Crippen LogP contribution in [-0.4, -0.2) is 45.2 Å². The number of aromatic nitrogens is 3. The minimum atomic E-state index is -0.285. The van der Waals surface area contributed by atoms with Gasteiger partial charge in [-0.15, -0.1) is 5.10 Å². The molecular weight excluding hydrogens is 335 g/mol. The minimum Gasteiger partial charge on any atom is -0.471 e. The van der Waals surface area contributed by atoms with E-state index in [9.17, 15) is 9.18 Å². The van der Waals surface area contributed by atoms with E-state index in [1.165, 1.54) is 12.1 Å². The zero-order valence-corrected chi connectivity index (χ0v) is 13.9. The SMILES string of the molecule is O=C(c1cc(-c2ccc(F)cc2)c[nH]1)N1CCC(Oc2cccnn2)C1. The second-order valence-electron chi connectivity index (χ2n) is 6.15. The monoisotopic (exact) mass is 352 g/mol. The number of rotatable bonds is 4. The summed E-state index contributed by atoms with van der Waals surface area (Å²) in [5.74, 6) is 0.0978. The predicted molar refractivity (Wildman–Crippen MR) is 93.2 cm³/mol. The van der Waals surface area contributed by atoms with Gasteiger partial charge >= 0.3 is 0 Å². The molecule has 0 radical (unpaired) electrons. The largest absolute Gasteiger partial charge is 0.471 e. The molecule has 0 saturated carbocycles. The highest BCUT2D eigenvalue weighted by Gasteiger charge is 2.29. The van der Waals surface area contributed by atoms with Crippen molar-refractivity contribution in [1.82, 2.24) is 20.1 Å². The number of nitrogens with one attached hydrogen (secondary N) is 1. The lowest BCUT2D eigenvalue weighted by Crippen LogP contribution is -2.31. The van der Waals surface area contributed by atoms with Crippen molar-refractivity contribution in [3.05, 3.63) is 66.4 Å². The number of aromatic amines is 1. The number of carbonyl (C=O) groups excluding carboxylic acids is 1. The molecule has 1 saturated heterocycles. The van der Waals surface area contributed by atoms with Crippen molar-refractivity contribution < 1.29 is 13.9 Å². The first-order valence-corrected chi connectivity index (χ1v) is 8.37. The van der Waals surface area contributed by atoms with Crippen LogP contribution in [0.2, 0.25) is 0 Å². The first kappa shape index (κ1) is 16.3. The third-order valence-corrected chi connectivity index (χ3v) is 4.36. The molecule has 4 rings (SSSR count). The Morgan fingerprint density at radius 2 is 2.08 bits per heavy atom. The lowest BCUT2D eigenvalue weighted by molar-refractivity contribution is 0.0766. The van der Waals surface area contributed by atoms with Crippen LogP contribution in [0.1, 0.15) is 16.9 Å². The molecule has 0 bridgehead atoms. The third-order valence-electron chi connectivity index (χ3n) is 4.36. The summed E-state index contributed by atoms with van der Waals surface area (Å²) in [5, 5.41) is 7.69. The predicted octanol–water partition coefficient (Wildman–Crippen LogP) is 2.90. The Hall–Kier alpha value is -3.22. The van der Waals surface area contributed by atoms with Gasteiger partial charge in [-0.05, 0) is 35.4 Å². The van der Waals surface area contributed by atoms with Gasteiger partial charge < -0.3 is 14.6 Å². The summed E-state index contributed by atoms with van der Waals surface area (Å²) < 4.78 is 18.8. The van der Waals surface area contributed by atoms with Gasteiger partial charge in [0.2, 0.25) is 5.88 Å². The van der Waals surface area contributed by atoms with E-state index in [0.29, 0.717) is 24.7 Å². The summed E-state index contributed by atoms with van der Waals surface area (Å²) in [6.07, 6.45) is 3.99. The van der Waals surface area contributed by atoms with E-state index >= 15 is 0 Å². The van der Waals surface area contributed by atoms with Crippen LogP contribution < -0.4 is 4.74 Å². The highest BCUT2D eigenvalue weighted by atomic mass is 19.1. The van der Waals surface area contributed by atoms with Gasteiger partial charge in [-0.3, -0.25) is 4.79 Å². The summed E-state index contributed by atoms with van der Waals surface area (Å²) in [6.45, 7) is 1.12. The van der Waals surface area contributed by atoms with Crippen molar-refractivity contribution in [2.24, 2.45) is 0 Å². The number of ether oxygens (including phenoxy) is 1. The van der Waals surface area contributed by atoms with Gasteiger partial charge in [0.15, 0.2) is 0 Å². The maximum atomic E-state index is 13.0. The summed E-state index contributed by atoms with van der Waals surface area (Å²) in [5.41, 5.74) is 2.20. The molecule has 1 aliphatic heterocycles. The molecule has 1 fully saturated rings. The standard InChI is InChI=1S/C19H17FN4O2/c20-15-5-3-13(4-6-15)14-10-17(21-11-14)19(25)24-9-7-16(12-24)26-18-2-1-8-22-23-18/h1-6,8,10-11,16,21H,7,9,12H2. The first-order valence-electron chi connectivity index (χ1n) is 8.37.